The third kappa shape index (κ3) is 3.33. The van der Waals surface area contributed by atoms with Gasteiger partial charge in [-0.25, -0.2) is 9.78 Å². The first-order valence-corrected chi connectivity index (χ1v) is 11.1. The van der Waals surface area contributed by atoms with E-state index in [1.54, 1.807) is 11.3 Å². The maximum atomic E-state index is 12.1. The topological polar surface area (TPSA) is 52.3 Å². The summed E-state index contributed by atoms with van der Waals surface area (Å²) in [6, 6.07) is 29.4. The smallest absolute Gasteiger partial charge is 0.336 e. The van der Waals surface area contributed by atoms with Crippen LogP contribution in [-0.2, 0) is 6.61 Å². The fraction of sp³-hybridized carbons (Fsp3) is 0.0370. The van der Waals surface area contributed by atoms with Crippen molar-refractivity contribution in [2.24, 2.45) is 0 Å². The van der Waals surface area contributed by atoms with E-state index < -0.39 is 0 Å². The second-order valence-electron chi connectivity index (χ2n) is 7.55. The van der Waals surface area contributed by atoms with Crippen molar-refractivity contribution in [3.05, 3.63) is 107 Å². The van der Waals surface area contributed by atoms with Crippen molar-refractivity contribution in [1.29, 1.82) is 0 Å². The average Bonchev–Trinajstić information content (AvgIpc) is 3.27. The second kappa shape index (κ2) is 7.62. The zero-order valence-electron chi connectivity index (χ0n) is 16.9. The number of ether oxygens (including phenoxy) is 1. The van der Waals surface area contributed by atoms with Gasteiger partial charge in [-0.2, -0.15) is 0 Å². The number of nitrogens with zero attached hydrogens (tertiary/aromatic N) is 1. The van der Waals surface area contributed by atoms with Crippen LogP contribution < -0.4 is 10.4 Å². The van der Waals surface area contributed by atoms with Crippen LogP contribution in [0.4, 0.5) is 0 Å². The molecule has 0 bridgehead atoms. The van der Waals surface area contributed by atoms with Gasteiger partial charge in [0.2, 0.25) is 0 Å². The normalized spacial score (nSPS) is 11.4. The molecule has 0 aliphatic rings. The van der Waals surface area contributed by atoms with Gasteiger partial charge in [-0.15, -0.1) is 11.3 Å². The van der Waals surface area contributed by atoms with Crippen molar-refractivity contribution in [2.45, 2.75) is 6.61 Å². The van der Waals surface area contributed by atoms with Gasteiger partial charge in [0, 0.05) is 22.6 Å². The molecule has 0 aliphatic heterocycles. The van der Waals surface area contributed by atoms with E-state index in [9.17, 15) is 4.79 Å². The first-order chi connectivity index (χ1) is 15.7. The molecule has 0 saturated heterocycles. The second-order valence-corrected chi connectivity index (χ2v) is 8.58. The predicted molar refractivity (Wildman–Crippen MR) is 129 cm³/mol. The Bertz CT molecular complexity index is 1630. The Hall–Kier alpha value is -3.96. The highest BCUT2D eigenvalue weighted by molar-refractivity contribution is 7.21. The van der Waals surface area contributed by atoms with Crippen molar-refractivity contribution in [3.8, 4) is 16.3 Å². The molecule has 5 heteroatoms. The lowest BCUT2D eigenvalue weighted by Gasteiger charge is -2.11. The molecular weight excluding hydrogens is 418 g/mol. The van der Waals surface area contributed by atoms with Crippen LogP contribution in [-0.4, -0.2) is 4.98 Å². The number of hydrogen-bond acceptors (Lipinski definition) is 5. The molecule has 6 aromatic rings. The summed E-state index contributed by atoms with van der Waals surface area (Å²) in [7, 11) is 0. The molecule has 4 aromatic carbocycles. The third-order valence-corrected chi connectivity index (χ3v) is 6.57. The zero-order chi connectivity index (χ0) is 21.5. The summed E-state index contributed by atoms with van der Waals surface area (Å²) in [4.78, 5) is 16.9. The van der Waals surface area contributed by atoms with Crippen LogP contribution in [0, 0.1) is 0 Å². The fourth-order valence-electron chi connectivity index (χ4n) is 4.01. The van der Waals surface area contributed by atoms with Crippen molar-refractivity contribution in [1.82, 2.24) is 4.98 Å². The molecule has 2 aromatic heterocycles. The Balaban J connectivity index is 1.36. The monoisotopic (exact) mass is 435 g/mol. The molecule has 0 saturated carbocycles. The number of aromatic nitrogens is 1. The van der Waals surface area contributed by atoms with Crippen LogP contribution in [0.3, 0.4) is 0 Å². The van der Waals surface area contributed by atoms with Crippen molar-refractivity contribution < 1.29 is 9.15 Å². The van der Waals surface area contributed by atoms with Crippen LogP contribution in [0.15, 0.2) is 100 Å². The minimum Gasteiger partial charge on any atom is -0.489 e. The fourth-order valence-corrected chi connectivity index (χ4v) is 4.97. The molecule has 0 amide bonds. The van der Waals surface area contributed by atoms with E-state index in [1.807, 2.05) is 78.9 Å². The third-order valence-electron chi connectivity index (χ3n) is 5.48. The Labute approximate surface area is 187 Å². The summed E-state index contributed by atoms with van der Waals surface area (Å²) in [5.74, 6) is 0.725. The zero-order valence-corrected chi connectivity index (χ0v) is 17.8. The van der Waals surface area contributed by atoms with Crippen LogP contribution in [0.2, 0.25) is 0 Å². The molecule has 2 heterocycles. The lowest BCUT2D eigenvalue weighted by Crippen LogP contribution is -2.04. The minimum atomic E-state index is -0.380. The van der Waals surface area contributed by atoms with E-state index in [2.05, 4.69) is 6.07 Å². The number of para-hydroxylation sites is 1. The largest absolute Gasteiger partial charge is 0.489 e. The minimum absolute atomic E-state index is 0.263. The number of thiazole rings is 1. The summed E-state index contributed by atoms with van der Waals surface area (Å²) >= 11 is 1.66. The van der Waals surface area contributed by atoms with Gasteiger partial charge >= 0.3 is 5.63 Å². The summed E-state index contributed by atoms with van der Waals surface area (Å²) < 4.78 is 12.7. The lowest BCUT2D eigenvalue weighted by molar-refractivity contribution is 0.307. The molecule has 4 nitrogen and oxygen atoms in total. The molecule has 6 rings (SSSR count). The van der Waals surface area contributed by atoms with Gasteiger partial charge < -0.3 is 9.15 Å². The van der Waals surface area contributed by atoms with Crippen LogP contribution in [0.5, 0.6) is 5.75 Å². The highest BCUT2D eigenvalue weighted by Gasteiger charge is 2.11. The number of hydrogen-bond donors (Lipinski definition) is 0. The summed E-state index contributed by atoms with van der Waals surface area (Å²) in [5.41, 5.74) is 2.99. The Morgan fingerprint density at radius 1 is 0.875 bits per heavy atom. The summed E-state index contributed by atoms with van der Waals surface area (Å²) in [5, 5.41) is 3.99. The van der Waals surface area contributed by atoms with Gasteiger partial charge in [0.25, 0.3) is 0 Å². The molecule has 0 N–H and O–H groups in total. The van der Waals surface area contributed by atoms with Gasteiger partial charge in [-0.05, 0) is 41.1 Å². The summed E-state index contributed by atoms with van der Waals surface area (Å²) in [6.45, 7) is 0.263. The molecule has 32 heavy (non-hydrogen) atoms. The molecule has 0 spiro atoms. The van der Waals surface area contributed by atoms with Crippen molar-refractivity contribution >= 4 is 43.3 Å². The lowest BCUT2D eigenvalue weighted by atomic mass is 10.0. The quantitative estimate of drug-likeness (QED) is 0.226. The average molecular weight is 436 g/mol. The molecule has 0 aliphatic carbocycles. The van der Waals surface area contributed by atoms with Gasteiger partial charge in [0.05, 0.1) is 10.2 Å². The van der Waals surface area contributed by atoms with E-state index in [0.29, 0.717) is 5.58 Å². The van der Waals surface area contributed by atoms with Crippen LogP contribution in [0.1, 0.15) is 5.56 Å². The van der Waals surface area contributed by atoms with Gasteiger partial charge in [0.15, 0.2) is 0 Å². The Morgan fingerprint density at radius 3 is 2.69 bits per heavy atom. The van der Waals surface area contributed by atoms with Gasteiger partial charge in [-0.3, -0.25) is 0 Å². The molecular formula is C27H17NO3S. The molecule has 0 atom stereocenters. The number of fused-ring (bicyclic) bond motifs is 4. The Kier molecular flexibility index (Phi) is 4.47. The first-order valence-electron chi connectivity index (χ1n) is 10.3. The molecule has 0 unspecified atom stereocenters. The number of benzene rings is 4. The van der Waals surface area contributed by atoms with Crippen molar-refractivity contribution in [2.75, 3.05) is 0 Å². The highest BCUT2D eigenvalue weighted by atomic mass is 32.1. The van der Waals surface area contributed by atoms with E-state index in [0.717, 1.165) is 48.3 Å². The van der Waals surface area contributed by atoms with Crippen molar-refractivity contribution in [3.63, 3.8) is 0 Å². The standard InChI is InChI=1S/C27H17NO3S/c29-25-15-19(26-21-9-2-1-6-17(21)12-13-23(26)31-25)16-30-20-8-5-7-18(14-20)27-28-22-10-3-4-11-24(22)32-27/h1-15H,16H2. The Morgan fingerprint density at radius 2 is 1.75 bits per heavy atom. The molecule has 0 radical (unpaired) electrons. The summed E-state index contributed by atoms with van der Waals surface area (Å²) in [6.07, 6.45) is 0. The molecule has 0 fully saturated rings. The first kappa shape index (κ1) is 18.8. The SMILES string of the molecule is O=c1cc(COc2cccc(-c3nc4ccccc4s3)c2)c2c(ccc3ccccc32)o1. The van der Waals surface area contributed by atoms with E-state index in [1.165, 1.54) is 6.07 Å². The van der Waals surface area contributed by atoms with Gasteiger partial charge in [-0.1, -0.05) is 54.6 Å². The van der Waals surface area contributed by atoms with E-state index in [4.69, 9.17) is 14.1 Å². The van der Waals surface area contributed by atoms with E-state index >= 15 is 0 Å². The maximum absolute atomic E-state index is 12.1. The maximum Gasteiger partial charge on any atom is 0.336 e. The predicted octanol–water partition coefficient (Wildman–Crippen LogP) is 6.80. The van der Waals surface area contributed by atoms with Gasteiger partial charge in [0.1, 0.15) is 22.9 Å². The van der Waals surface area contributed by atoms with Crippen LogP contribution in [0.25, 0.3) is 42.5 Å². The highest BCUT2D eigenvalue weighted by Crippen LogP contribution is 2.32. The number of rotatable bonds is 4. The molecule has 154 valence electrons. The van der Waals surface area contributed by atoms with Crippen LogP contribution >= 0.6 is 11.3 Å². The van der Waals surface area contributed by atoms with E-state index in [-0.39, 0.29) is 12.2 Å².